The average Bonchev–Trinajstić information content (AvgIpc) is 2.70. The quantitative estimate of drug-likeness (QED) is 0.408. The molecule has 0 aliphatic heterocycles. The van der Waals surface area contributed by atoms with Crippen LogP contribution in [-0.2, 0) is 12.8 Å². The summed E-state index contributed by atoms with van der Waals surface area (Å²) in [4.78, 5) is 12.3. The first-order chi connectivity index (χ1) is 13.1. The predicted molar refractivity (Wildman–Crippen MR) is 108 cm³/mol. The number of phenolic OH excluding ortho intramolecular Hbond substituents is 1. The van der Waals surface area contributed by atoms with Gasteiger partial charge in [0.1, 0.15) is 11.3 Å². The number of anilines is 1. The second kappa shape index (κ2) is 6.91. The van der Waals surface area contributed by atoms with E-state index in [-0.39, 0.29) is 11.4 Å². The van der Waals surface area contributed by atoms with Gasteiger partial charge in [-0.25, -0.2) is 4.79 Å². The molecule has 0 unspecified atom stereocenters. The van der Waals surface area contributed by atoms with E-state index in [9.17, 15) is 9.90 Å². The molecule has 1 aromatic heterocycles. The number of benzene rings is 2. The van der Waals surface area contributed by atoms with Crippen molar-refractivity contribution in [3.05, 3.63) is 69.1 Å². The molecule has 0 saturated heterocycles. The second-order valence-corrected chi connectivity index (χ2v) is 7.00. The van der Waals surface area contributed by atoms with Crippen molar-refractivity contribution in [3.63, 3.8) is 0 Å². The standard InChI is InChI=1S/C22H22N2O3/c1-13-20(25)18(14(2)23-24-15-8-4-3-5-9-15)12-19-16-10-6-7-11-17(16)22(26)27-21(13)19/h3-5,8-9,12,24-25H,6-7,10-11H2,1-2H3/b23-14+. The topological polar surface area (TPSA) is 74.8 Å². The molecule has 0 saturated carbocycles. The number of phenols is 1. The molecule has 1 heterocycles. The van der Waals surface area contributed by atoms with Crippen molar-refractivity contribution in [2.75, 3.05) is 5.43 Å². The first kappa shape index (κ1) is 17.3. The molecule has 0 atom stereocenters. The number of aryl methyl sites for hydroxylation is 2. The van der Waals surface area contributed by atoms with Crippen LogP contribution in [0.15, 0.2) is 50.7 Å². The summed E-state index contributed by atoms with van der Waals surface area (Å²) in [6.45, 7) is 3.62. The third kappa shape index (κ3) is 3.10. The molecular weight excluding hydrogens is 340 g/mol. The van der Waals surface area contributed by atoms with Crippen molar-refractivity contribution in [2.45, 2.75) is 39.5 Å². The lowest BCUT2D eigenvalue weighted by Gasteiger charge is -2.18. The fourth-order valence-corrected chi connectivity index (χ4v) is 3.72. The van der Waals surface area contributed by atoms with Gasteiger partial charge in [-0.3, -0.25) is 5.43 Å². The zero-order valence-electron chi connectivity index (χ0n) is 15.5. The zero-order chi connectivity index (χ0) is 19.0. The van der Waals surface area contributed by atoms with Gasteiger partial charge in [0, 0.05) is 22.1 Å². The Morgan fingerprint density at radius 1 is 1.15 bits per heavy atom. The van der Waals surface area contributed by atoms with Gasteiger partial charge in [0.2, 0.25) is 0 Å². The molecule has 0 bridgehead atoms. The number of nitrogens with zero attached hydrogens (tertiary/aromatic N) is 1. The lowest BCUT2D eigenvalue weighted by molar-refractivity contribution is 0.466. The molecule has 0 fully saturated rings. The van der Waals surface area contributed by atoms with E-state index in [1.807, 2.05) is 43.3 Å². The molecule has 0 spiro atoms. The Labute approximate surface area is 157 Å². The third-order valence-corrected chi connectivity index (χ3v) is 5.23. The smallest absolute Gasteiger partial charge is 0.339 e. The van der Waals surface area contributed by atoms with Gasteiger partial charge in [0.05, 0.1) is 11.4 Å². The first-order valence-electron chi connectivity index (χ1n) is 9.23. The van der Waals surface area contributed by atoms with E-state index in [1.54, 1.807) is 6.92 Å². The van der Waals surface area contributed by atoms with Crippen LogP contribution in [0.5, 0.6) is 5.75 Å². The Bertz CT molecular complexity index is 1100. The summed E-state index contributed by atoms with van der Waals surface area (Å²) in [5.74, 6) is 0.0949. The molecule has 5 nitrogen and oxygen atoms in total. The van der Waals surface area contributed by atoms with E-state index in [4.69, 9.17) is 4.42 Å². The van der Waals surface area contributed by atoms with Crippen molar-refractivity contribution in [1.29, 1.82) is 0 Å². The normalized spacial score (nSPS) is 14.2. The molecule has 1 aliphatic rings. The minimum Gasteiger partial charge on any atom is -0.507 e. The van der Waals surface area contributed by atoms with Crippen molar-refractivity contribution >= 4 is 22.4 Å². The molecule has 27 heavy (non-hydrogen) atoms. The highest BCUT2D eigenvalue weighted by molar-refractivity contribution is 6.05. The average molecular weight is 362 g/mol. The van der Waals surface area contributed by atoms with Gasteiger partial charge in [0.15, 0.2) is 0 Å². The molecule has 0 radical (unpaired) electrons. The molecule has 2 N–H and O–H groups in total. The molecule has 138 valence electrons. The Balaban J connectivity index is 1.85. The number of hydrogen-bond acceptors (Lipinski definition) is 5. The fraction of sp³-hybridized carbons (Fsp3) is 0.273. The van der Waals surface area contributed by atoms with Crippen LogP contribution in [0.25, 0.3) is 11.0 Å². The number of fused-ring (bicyclic) bond motifs is 3. The maximum Gasteiger partial charge on any atom is 0.339 e. The molecule has 5 heteroatoms. The Hall–Kier alpha value is -3.08. The summed E-state index contributed by atoms with van der Waals surface area (Å²) in [5, 5.41) is 16.0. The molecule has 0 amide bonds. The highest BCUT2D eigenvalue weighted by Crippen LogP contribution is 2.35. The van der Waals surface area contributed by atoms with Gasteiger partial charge < -0.3 is 9.52 Å². The first-order valence-corrected chi connectivity index (χ1v) is 9.23. The number of hydrazone groups is 1. The number of para-hydroxylation sites is 1. The summed E-state index contributed by atoms with van der Waals surface area (Å²) < 4.78 is 5.56. The predicted octanol–water partition coefficient (Wildman–Crippen LogP) is 4.52. The highest BCUT2D eigenvalue weighted by atomic mass is 16.4. The van der Waals surface area contributed by atoms with Gasteiger partial charge in [-0.05, 0) is 63.3 Å². The fourth-order valence-electron chi connectivity index (χ4n) is 3.72. The van der Waals surface area contributed by atoms with Crippen molar-refractivity contribution in [3.8, 4) is 5.75 Å². The molecule has 1 aliphatic carbocycles. The van der Waals surface area contributed by atoms with Crippen LogP contribution in [0.3, 0.4) is 0 Å². The van der Waals surface area contributed by atoms with E-state index in [0.717, 1.165) is 47.9 Å². The number of nitrogens with one attached hydrogen (secondary N) is 1. The molecule has 4 rings (SSSR count). The van der Waals surface area contributed by atoms with Crippen LogP contribution in [0.4, 0.5) is 5.69 Å². The summed E-state index contributed by atoms with van der Waals surface area (Å²) in [7, 11) is 0. The molecule has 3 aromatic rings. The van der Waals surface area contributed by atoms with Gasteiger partial charge >= 0.3 is 5.63 Å². The van der Waals surface area contributed by atoms with Crippen molar-refractivity contribution < 1.29 is 9.52 Å². The SMILES string of the molecule is C/C(=N\Nc1ccccc1)c1cc2c3c(c(=O)oc2c(C)c1O)CCCC3. The van der Waals surface area contributed by atoms with Gasteiger partial charge in [-0.15, -0.1) is 0 Å². The number of aromatic hydroxyl groups is 1. The Morgan fingerprint density at radius 2 is 1.85 bits per heavy atom. The zero-order valence-corrected chi connectivity index (χ0v) is 15.5. The van der Waals surface area contributed by atoms with Gasteiger partial charge in [0.25, 0.3) is 0 Å². The van der Waals surface area contributed by atoms with Gasteiger partial charge in [-0.1, -0.05) is 18.2 Å². The second-order valence-electron chi connectivity index (χ2n) is 7.00. The maximum atomic E-state index is 12.3. The van der Waals surface area contributed by atoms with Crippen LogP contribution < -0.4 is 11.1 Å². The minimum atomic E-state index is -0.274. The van der Waals surface area contributed by atoms with Crippen LogP contribution in [0.2, 0.25) is 0 Å². The summed E-state index contributed by atoms with van der Waals surface area (Å²) in [5.41, 5.74) is 7.80. The maximum absolute atomic E-state index is 12.3. The highest BCUT2D eigenvalue weighted by Gasteiger charge is 2.22. The van der Waals surface area contributed by atoms with E-state index in [0.29, 0.717) is 22.4 Å². The van der Waals surface area contributed by atoms with E-state index in [1.165, 1.54) is 0 Å². The summed E-state index contributed by atoms with van der Waals surface area (Å²) in [6.07, 6.45) is 3.68. The summed E-state index contributed by atoms with van der Waals surface area (Å²) in [6, 6.07) is 11.5. The summed E-state index contributed by atoms with van der Waals surface area (Å²) >= 11 is 0. The number of hydrogen-bond donors (Lipinski definition) is 2. The van der Waals surface area contributed by atoms with Crippen molar-refractivity contribution in [2.24, 2.45) is 5.10 Å². The van der Waals surface area contributed by atoms with Crippen LogP contribution in [-0.4, -0.2) is 10.8 Å². The Morgan fingerprint density at radius 3 is 2.59 bits per heavy atom. The van der Waals surface area contributed by atoms with E-state index in [2.05, 4.69) is 10.5 Å². The minimum absolute atomic E-state index is 0.0949. The van der Waals surface area contributed by atoms with Crippen LogP contribution in [0, 0.1) is 6.92 Å². The molecular formula is C22H22N2O3. The van der Waals surface area contributed by atoms with Crippen LogP contribution in [0.1, 0.15) is 42.0 Å². The van der Waals surface area contributed by atoms with Crippen molar-refractivity contribution in [1.82, 2.24) is 0 Å². The van der Waals surface area contributed by atoms with E-state index < -0.39 is 0 Å². The monoisotopic (exact) mass is 362 g/mol. The Kier molecular flexibility index (Phi) is 4.44. The van der Waals surface area contributed by atoms with Gasteiger partial charge in [-0.2, -0.15) is 5.10 Å². The van der Waals surface area contributed by atoms with E-state index >= 15 is 0 Å². The largest absolute Gasteiger partial charge is 0.507 e. The number of rotatable bonds is 3. The lowest BCUT2D eigenvalue weighted by Crippen LogP contribution is -2.16. The third-order valence-electron chi connectivity index (χ3n) is 5.23. The van der Waals surface area contributed by atoms with Crippen LogP contribution >= 0.6 is 0 Å². The molecule has 2 aromatic carbocycles. The lowest BCUT2D eigenvalue weighted by atomic mass is 9.89.